The van der Waals surface area contributed by atoms with Crippen LogP contribution in [0.4, 0.5) is 0 Å². The van der Waals surface area contributed by atoms with Crippen LogP contribution in [0.25, 0.3) is 0 Å². The number of ether oxygens (including phenoxy) is 1. The summed E-state index contributed by atoms with van der Waals surface area (Å²) in [5.41, 5.74) is 5.68. The van der Waals surface area contributed by atoms with E-state index in [0.717, 1.165) is 0 Å². The number of aliphatic hydroxyl groups excluding tert-OH is 1. The van der Waals surface area contributed by atoms with Crippen molar-refractivity contribution < 1.29 is 31.0 Å². The molecule has 0 aliphatic carbocycles. The molecule has 1 aliphatic rings. The van der Waals surface area contributed by atoms with Crippen LogP contribution >= 0.6 is 0 Å². The Bertz CT molecular complexity index is 122. The summed E-state index contributed by atoms with van der Waals surface area (Å²) in [7, 11) is 0. The Balaban J connectivity index is 2.55. The van der Waals surface area contributed by atoms with Gasteiger partial charge in [-0.1, -0.05) is 0 Å². The molecule has 1 rings (SSSR count). The van der Waals surface area contributed by atoms with Crippen molar-refractivity contribution in [1.82, 2.24) is 0 Å². The number of hydrogen-bond acceptors (Lipinski definition) is 3. The molecule has 1 heterocycles. The fourth-order valence-corrected chi connectivity index (χ4v) is 3.55. The monoisotopic (exact) mass is 258 g/mol. The SMILES string of the molecule is C[I-][C@@H]1[C@H](N)C(O)O[C@@H]1C. The molecular weight excluding hydrogens is 245 g/mol. The molecule has 0 spiro atoms. The van der Waals surface area contributed by atoms with Crippen molar-refractivity contribution in [1.29, 1.82) is 0 Å². The topological polar surface area (TPSA) is 55.5 Å². The predicted octanol–water partition coefficient (Wildman–Crippen LogP) is -3.86. The van der Waals surface area contributed by atoms with Crippen molar-refractivity contribution in [2.75, 3.05) is 4.93 Å². The maximum atomic E-state index is 9.14. The van der Waals surface area contributed by atoms with Crippen molar-refractivity contribution in [3.8, 4) is 0 Å². The van der Waals surface area contributed by atoms with Gasteiger partial charge in [0.05, 0.1) is 0 Å². The third-order valence-corrected chi connectivity index (χ3v) is 5.03. The van der Waals surface area contributed by atoms with Gasteiger partial charge < -0.3 is 0 Å². The molecule has 62 valence electrons. The van der Waals surface area contributed by atoms with Gasteiger partial charge in [0, 0.05) is 0 Å². The molecule has 0 aromatic heterocycles. The Morgan fingerprint density at radius 1 is 1.60 bits per heavy atom. The predicted molar refractivity (Wildman–Crippen MR) is 34.2 cm³/mol. The van der Waals surface area contributed by atoms with E-state index in [4.69, 9.17) is 15.6 Å². The van der Waals surface area contributed by atoms with Crippen LogP contribution in [0.1, 0.15) is 6.92 Å². The van der Waals surface area contributed by atoms with Crippen LogP contribution in [0.5, 0.6) is 0 Å². The van der Waals surface area contributed by atoms with Gasteiger partial charge in [0.2, 0.25) is 0 Å². The van der Waals surface area contributed by atoms with E-state index in [1.165, 1.54) is 0 Å². The van der Waals surface area contributed by atoms with Crippen molar-refractivity contribution >= 4 is 0 Å². The van der Waals surface area contributed by atoms with Gasteiger partial charge in [-0.25, -0.2) is 0 Å². The van der Waals surface area contributed by atoms with Crippen molar-refractivity contribution in [3.05, 3.63) is 0 Å². The maximum absolute atomic E-state index is 9.14. The second-order valence-electron chi connectivity index (χ2n) is 2.47. The quantitative estimate of drug-likeness (QED) is 0.374. The molecular formula is C6H13INO2-. The molecule has 0 aromatic carbocycles. The van der Waals surface area contributed by atoms with E-state index in [9.17, 15) is 0 Å². The molecule has 1 unspecified atom stereocenters. The first kappa shape index (κ1) is 8.70. The molecule has 3 N–H and O–H groups in total. The van der Waals surface area contributed by atoms with E-state index in [2.05, 4.69) is 4.93 Å². The minimum atomic E-state index is -0.723. The first-order valence-electron chi connectivity index (χ1n) is 3.24. The standard InChI is InChI=1S/C6H13INO2/c1-3-4(7-2)5(8)6(9)10-3/h3-6,9H,8H2,1-2H3/q-1/t3-,4+,5+,6?/m1/s1. The Labute approximate surface area is 71.2 Å². The van der Waals surface area contributed by atoms with Gasteiger partial charge in [0.25, 0.3) is 0 Å². The molecule has 0 radical (unpaired) electrons. The fourth-order valence-electron chi connectivity index (χ4n) is 1.18. The molecule has 1 fully saturated rings. The van der Waals surface area contributed by atoms with Gasteiger partial charge in [-0.15, -0.1) is 0 Å². The number of rotatable bonds is 1. The van der Waals surface area contributed by atoms with Crippen LogP contribution in [0.15, 0.2) is 0 Å². The van der Waals surface area contributed by atoms with E-state index in [1.54, 1.807) is 0 Å². The summed E-state index contributed by atoms with van der Waals surface area (Å²) < 4.78 is 5.56. The van der Waals surface area contributed by atoms with Crippen LogP contribution in [-0.2, 0) is 4.74 Å². The minimum absolute atomic E-state index is 0.0862. The van der Waals surface area contributed by atoms with Crippen LogP contribution in [0, 0.1) is 0 Å². The molecule has 0 saturated carbocycles. The molecule has 0 aromatic rings. The molecule has 0 amide bonds. The molecule has 0 bridgehead atoms. The average Bonchev–Trinajstić information content (AvgIpc) is 2.09. The van der Waals surface area contributed by atoms with Crippen LogP contribution in [-0.4, -0.2) is 32.4 Å². The van der Waals surface area contributed by atoms with Gasteiger partial charge >= 0.3 is 71.0 Å². The van der Waals surface area contributed by atoms with E-state index < -0.39 is 6.29 Å². The van der Waals surface area contributed by atoms with Gasteiger partial charge in [-0.3, -0.25) is 0 Å². The van der Waals surface area contributed by atoms with Gasteiger partial charge in [0.15, 0.2) is 0 Å². The second-order valence-corrected chi connectivity index (χ2v) is 5.16. The summed E-state index contributed by atoms with van der Waals surface area (Å²) in [6.07, 6.45) is -0.567. The number of hydrogen-bond donors (Lipinski definition) is 2. The second kappa shape index (κ2) is 3.34. The summed E-state index contributed by atoms with van der Waals surface area (Å²) in [6, 6.07) is -0.146. The molecule has 3 nitrogen and oxygen atoms in total. The molecule has 4 heteroatoms. The summed E-state index contributed by atoms with van der Waals surface area (Å²) in [5.74, 6) is 0. The third kappa shape index (κ3) is 1.44. The van der Waals surface area contributed by atoms with Gasteiger partial charge in [0.1, 0.15) is 0 Å². The number of aliphatic hydroxyl groups is 1. The summed E-state index contributed by atoms with van der Waals surface area (Å²) in [4.78, 5) is 2.17. The first-order chi connectivity index (χ1) is 4.66. The molecule has 10 heavy (non-hydrogen) atoms. The Morgan fingerprint density at radius 2 is 2.20 bits per heavy atom. The van der Waals surface area contributed by atoms with Crippen molar-refractivity contribution in [2.45, 2.75) is 29.3 Å². The van der Waals surface area contributed by atoms with E-state index in [0.29, 0.717) is 3.92 Å². The summed E-state index contributed by atoms with van der Waals surface area (Å²) in [6.45, 7) is 1.98. The zero-order chi connectivity index (χ0) is 7.72. The summed E-state index contributed by atoms with van der Waals surface area (Å²) in [5, 5.41) is 9.14. The fraction of sp³-hybridized carbons (Fsp3) is 1.00. The average molecular weight is 258 g/mol. The third-order valence-electron chi connectivity index (χ3n) is 1.75. The summed E-state index contributed by atoms with van der Waals surface area (Å²) >= 11 is 0.0862. The van der Waals surface area contributed by atoms with E-state index >= 15 is 0 Å². The number of nitrogens with two attached hydrogens (primary N) is 1. The molecule has 4 atom stereocenters. The van der Waals surface area contributed by atoms with E-state index in [-0.39, 0.29) is 33.4 Å². The van der Waals surface area contributed by atoms with E-state index in [1.807, 2.05) is 6.92 Å². The Kier molecular flexibility index (Phi) is 2.91. The van der Waals surface area contributed by atoms with Crippen LogP contribution in [0.3, 0.4) is 0 Å². The normalized spacial score (nSPS) is 48.4. The number of alkyl halides is 2. The zero-order valence-corrected chi connectivity index (χ0v) is 8.28. The molecule has 1 saturated heterocycles. The van der Waals surface area contributed by atoms with Gasteiger partial charge in [-0.2, -0.15) is 0 Å². The zero-order valence-electron chi connectivity index (χ0n) is 6.12. The van der Waals surface area contributed by atoms with Crippen LogP contribution in [0.2, 0.25) is 0 Å². The Morgan fingerprint density at radius 3 is 2.40 bits per heavy atom. The van der Waals surface area contributed by atoms with Crippen molar-refractivity contribution in [2.24, 2.45) is 5.73 Å². The first-order valence-corrected chi connectivity index (χ1v) is 6.64. The Hall–Kier alpha value is 0.610. The van der Waals surface area contributed by atoms with Crippen molar-refractivity contribution in [3.63, 3.8) is 0 Å². The number of halogens is 1. The van der Waals surface area contributed by atoms with Crippen LogP contribution < -0.4 is 26.9 Å². The molecule has 1 aliphatic heterocycles. The van der Waals surface area contributed by atoms with Gasteiger partial charge in [-0.05, 0) is 0 Å².